The Bertz CT molecular complexity index is 283. The van der Waals surface area contributed by atoms with Gasteiger partial charge >= 0.3 is 0 Å². The van der Waals surface area contributed by atoms with E-state index >= 15 is 0 Å². The van der Waals surface area contributed by atoms with Gasteiger partial charge in [-0.1, -0.05) is 20.8 Å². The number of ether oxygens (including phenoxy) is 1. The Kier molecular flexibility index (Phi) is 8.37. The lowest BCUT2D eigenvalue weighted by Gasteiger charge is -2.36. The first kappa shape index (κ1) is 19.9. The zero-order chi connectivity index (χ0) is 16.6. The van der Waals surface area contributed by atoms with Crippen LogP contribution in [-0.4, -0.2) is 61.3 Å². The summed E-state index contributed by atoms with van der Waals surface area (Å²) in [6.07, 6.45) is 5.11. The van der Waals surface area contributed by atoms with Gasteiger partial charge in [0.1, 0.15) is 0 Å². The summed E-state index contributed by atoms with van der Waals surface area (Å²) in [6, 6.07) is 0. The fraction of sp³-hybridized carbons (Fsp3) is 1.00. The SMILES string of the molecule is CC(C)(C)CCN1CCN(CCCCCOC(C)(C)C)CC1. The molecule has 0 aromatic rings. The van der Waals surface area contributed by atoms with E-state index in [-0.39, 0.29) is 5.60 Å². The van der Waals surface area contributed by atoms with Crippen molar-refractivity contribution in [3.63, 3.8) is 0 Å². The topological polar surface area (TPSA) is 15.7 Å². The molecule has 3 nitrogen and oxygen atoms in total. The van der Waals surface area contributed by atoms with Crippen LogP contribution in [0.2, 0.25) is 0 Å². The van der Waals surface area contributed by atoms with Crippen LogP contribution in [0.15, 0.2) is 0 Å². The standard InChI is InChI=1S/C19H40N2O/c1-18(2,3)10-12-21-15-13-20(14-16-21)11-8-7-9-17-22-19(4,5)6/h7-17H2,1-6H3. The van der Waals surface area contributed by atoms with Gasteiger partial charge < -0.3 is 14.5 Å². The highest BCUT2D eigenvalue weighted by Gasteiger charge is 2.18. The van der Waals surface area contributed by atoms with Crippen LogP contribution in [-0.2, 0) is 4.74 Å². The van der Waals surface area contributed by atoms with Crippen LogP contribution in [0.5, 0.6) is 0 Å². The summed E-state index contributed by atoms with van der Waals surface area (Å²) >= 11 is 0. The van der Waals surface area contributed by atoms with Gasteiger partial charge in [0.2, 0.25) is 0 Å². The Morgan fingerprint density at radius 1 is 0.727 bits per heavy atom. The van der Waals surface area contributed by atoms with Crippen molar-refractivity contribution in [2.75, 3.05) is 45.9 Å². The molecule has 3 heteroatoms. The third-order valence-electron chi connectivity index (χ3n) is 4.30. The number of hydrogen-bond donors (Lipinski definition) is 0. The van der Waals surface area contributed by atoms with E-state index in [4.69, 9.17) is 4.74 Å². The molecule has 0 aromatic heterocycles. The van der Waals surface area contributed by atoms with Gasteiger partial charge in [0.15, 0.2) is 0 Å². The van der Waals surface area contributed by atoms with Gasteiger partial charge in [0, 0.05) is 32.8 Å². The van der Waals surface area contributed by atoms with E-state index in [0.717, 1.165) is 6.61 Å². The number of nitrogens with zero attached hydrogens (tertiary/aromatic N) is 2. The van der Waals surface area contributed by atoms with Crippen molar-refractivity contribution in [1.29, 1.82) is 0 Å². The van der Waals surface area contributed by atoms with Crippen LogP contribution in [0.4, 0.5) is 0 Å². The summed E-state index contributed by atoms with van der Waals surface area (Å²) in [6.45, 7) is 21.9. The van der Waals surface area contributed by atoms with Crippen LogP contribution in [0, 0.1) is 5.41 Å². The van der Waals surface area contributed by atoms with Crippen LogP contribution in [0.25, 0.3) is 0 Å². The van der Waals surface area contributed by atoms with Gasteiger partial charge in [0.05, 0.1) is 5.60 Å². The van der Waals surface area contributed by atoms with Crippen molar-refractivity contribution in [3.8, 4) is 0 Å². The lowest BCUT2D eigenvalue weighted by Crippen LogP contribution is -2.47. The predicted molar refractivity (Wildman–Crippen MR) is 96.5 cm³/mol. The highest BCUT2D eigenvalue weighted by atomic mass is 16.5. The molecule has 1 fully saturated rings. The van der Waals surface area contributed by atoms with E-state index in [1.165, 1.54) is 65.0 Å². The molecule has 0 aliphatic carbocycles. The monoisotopic (exact) mass is 312 g/mol. The zero-order valence-corrected chi connectivity index (χ0v) is 16.1. The van der Waals surface area contributed by atoms with Gasteiger partial charge in [-0.05, 0) is 65.0 Å². The van der Waals surface area contributed by atoms with Crippen molar-refractivity contribution >= 4 is 0 Å². The van der Waals surface area contributed by atoms with Crippen LogP contribution in [0.1, 0.15) is 67.2 Å². The molecule has 1 aliphatic heterocycles. The first-order valence-electron chi connectivity index (χ1n) is 9.24. The highest BCUT2D eigenvalue weighted by molar-refractivity contribution is 4.74. The Balaban J connectivity index is 1.99. The summed E-state index contributed by atoms with van der Waals surface area (Å²) in [5, 5.41) is 0. The summed E-state index contributed by atoms with van der Waals surface area (Å²) in [5.41, 5.74) is 0.482. The molecule has 0 saturated carbocycles. The first-order chi connectivity index (χ1) is 10.2. The molecule has 1 rings (SSSR count). The van der Waals surface area contributed by atoms with E-state index in [1.807, 2.05) is 0 Å². The molecule has 0 N–H and O–H groups in total. The summed E-state index contributed by atoms with van der Waals surface area (Å²) in [5.74, 6) is 0. The van der Waals surface area contributed by atoms with Gasteiger partial charge in [-0.3, -0.25) is 0 Å². The molecule has 1 heterocycles. The Labute approximate surface area is 139 Å². The van der Waals surface area contributed by atoms with Crippen molar-refractivity contribution < 1.29 is 4.74 Å². The maximum Gasteiger partial charge on any atom is 0.0598 e. The van der Waals surface area contributed by atoms with Gasteiger partial charge in [0.25, 0.3) is 0 Å². The molecule has 0 unspecified atom stereocenters. The van der Waals surface area contributed by atoms with Crippen molar-refractivity contribution in [1.82, 2.24) is 9.80 Å². The fourth-order valence-corrected chi connectivity index (χ4v) is 2.72. The van der Waals surface area contributed by atoms with E-state index in [0.29, 0.717) is 5.41 Å². The zero-order valence-electron chi connectivity index (χ0n) is 16.1. The predicted octanol–water partition coefficient (Wildman–Crippen LogP) is 4.03. The molecule has 0 amide bonds. The molecule has 0 bridgehead atoms. The number of rotatable bonds is 8. The van der Waals surface area contributed by atoms with Gasteiger partial charge in [-0.2, -0.15) is 0 Å². The van der Waals surface area contributed by atoms with Crippen LogP contribution in [0.3, 0.4) is 0 Å². The van der Waals surface area contributed by atoms with Crippen LogP contribution >= 0.6 is 0 Å². The molecule has 1 saturated heterocycles. The van der Waals surface area contributed by atoms with Gasteiger partial charge in [-0.25, -0.2) is 0 Å². The molecule has 0 aromatic carbocycles. The summed E-state index contributed by atoms with van der Waals surface area (Å²) < 4.78 is 5.77. The van der Waals surface area contributed by atoms with Crippen molar-refractivity contribution in [2.24, 2.45) is 5.41 Å². The Hall–Kier alpha value is -0.120. The number of piperazine rings is 1. The molecule has 132 valence electrons. The molecule has 22 heavy (non-hydrogen) atoms. The Morgan fingerprint density at radius 3 is 1.77 bits per heavy atom. The quantitative estimate of drug-likeness (QED) is 0.629. The minimum Gasteiger partial charge on any atom is -0.376 e. The smallest absolute Gasteiger partial charge is 0.0598 e. The average molecular weight is 313 g/mol. The van der Waals surface area contributed by atoms with E-state index in [9.17, 15) is 0 Å². The number of unbranched alkanes of at least 4 members (excludes halogenated alkanes) is 2. The third-order valence-corrected chi connectivity index (χ3v) is 4.30. The van der Waals surface area contributed by atoms with E-state index in [2.05, 4.69) is 51.3 Å². The highest BCUT2D eigenvalue weighted by Crippen LogP contribution is 2.19. The normalized spacial score (nSPS) is 18.8. The molecular formula is C19H40N2O. The maximum atomic E-state index is 5.77. The van der Waals surface area contributed by atoms with Crippen LogP contribution < -0.4 is 0 Å². The minimum atomic E-state index is 0.0172. The third kappa shape index (κ3) is 10.6. The summed E-state index contributed by atoms with van der Waals surface area (Å²) in [4.78, 5) is 5.27. The minimum absolute atomic E-state index is 0.0172. The van der Waals surface area contributed by atoms with E-state index < -0.39 is 0 Å². The summed E-state index contributed by atoms with van der Waals surface area (Å²) in [7, 11) is 0. The molecular weight excluding hydrogens is 272 g/mol. The molecule has 1 aliphatic rings. The Morgan fingerprint density at radius 2 is 1.27 bits per heavy atom. The lowest BCUT2D eigenvalue weighted by atomic mass is 9.92. The number of hydrogen-bond acceptors (Lipinski definition) is 3. The molecule has 0 spiro atoms. The first-order valence-corrected chi connectivity index (χ1v) is 9.24. The van der Waals surface area contributed by atoms with Gasteiger partial charge in [-0.15, -0.1) is 0 Å². The fourth-order valence-electron chi connectivity index (χ4n) is 2.72. The van der Waals surface area contributed by atoms with Crippen molar-refractivity contribution in [3.05, 3.63) is 0 Å². The van der Waals surface area contributed by atoms with Crippen molar-refractivity contribution in [2.45, 2.75) is 72.8 Å². The maximum absolute atomic E-state index is 5.77. The molecule has 0 radical (unpaired) electrons. The second-order valence-electron chi connectivity index (χ2n) is 9.02. The average Bonchev–Trinajstić information content (AvgIpc) is 2.39. The van der Waals surface area contributed by atoms with E-state index in [1.54, 1.807) is 0 Å². The second-order valence-corrected chi connectivity index (χ2v) is 9.02. The second kappa shape index (κ2) is 9.24. The molecule has 0 atom stereocenters. The largest absolute Gasteiger partial charge is 0.376 e. The lowest BCUT2D eigenvalue weighted by molar-refractivity contribution is -0.00498.